The number of oxazole rings is 1. The number of nitro benzene ring substituents is 1. The van der Waals surface area contributed by atoms with Crippen LogP contribution in [0.2, 0.25) is 0 Å². The molecule has 1 aromatic heterocycles. The lowest BCUT2D eigenvalue weighted by atomic mass is 10.3. The minimum absolute atomic E-state index is 0.0781. The number of non-ortho nitro benzene ring substituents is 1. The predicted molar refractivity (Wildman–Crippen MR) is 46.6 cm³/mol. The van der Waals surface area contributed by atoms with Crippen molar-refractivity contribution in [2.24, 2.45) is 0 Å². The van der Waals surface area contributed by atoms with Crippen LogP contribution in [-0.4, -0.2) is 15.0 Å². The summed E-state index contributed by atoms with van der Waals surface area (Å²) in [5.41, 5.74) is 0.357. The second kappa shape index (κ2) is 3.08. The molecule has 0 saturated heterocycles. The van der Waals surface area contributed by atoms with E-state index in [1.165, 1.54) is 12.1 Å². The van der Waals surface area contributed by atoms with Gasteiger partial charge in [0.15, 0.2) is 11.1 Å². The highest BCUT2D eigenvalue weighted by atomic mass is 16.6. The van der Waals surface area contributed by atoms with E-state index in [0.29, 0.717) is 5.58 Å². The van der Waals surface area contributed by atoms with Crippen LogP contribution in [0, 0.1) is 10.1 Å². The van der Waals surface area contributed by atoms with Crippen molar-refractivity contribution in [2.45, 2.75) is 6.61 Å². The molecule has 0 aliphatic carbocycles. The lowest BCUT2D eigenvalue weighted by molar-refractivity contribution is -0.383. The molecule has 0 fully saturated rings. The van der Waals surface area contributed by atoms with Crippen molar-refractivity contribution in [3.05, 3.63) is 34.2 Å². The molecule has 2 aromatic rings. The molecule has 1 N–H and O–H groups in total. The van der Waals surface area contributed by atoms with Gasteiger partial charge in [0.05, 0.1) is 4.92 Å². The van der Waals surface area contributed by atoms with Crippen LogP contribution in [0.4, 0.5) is 5.69 Å². The number of para-hydroxylation sites is 1. The van der Waals surface area contributed by atoms with E-state index in [9.17, 15) is 10.1 Å². The zero-order valence-corrected chi connectivity index (χ0v) is 7.01. The van der Waals surface area contributed by atoms with Gasteiger partial charge in [-0.15, -0.1) is 0 Å². The van der Waals surface area contributed by atoms with Crippen molar-refractivity contribution >= 4 is 16.8 Å². The van der Waals surface area contributed by atoms with Gasteiger partial charge in [-0.25, -0.2) is 4.98 Å². The molecule has 6 heteroatoms. The Hall–Kier alpha value is -1.95. The summed E-state index contributed by atoms with van der Waals surface area (Å²) < 4.78 is 5.04. The maximum atomic E-state index is 10.6. The highest BCUT2D eigenvalue weighted by Gasteiger charge is 2.16. The summed E-state index contributed by atoms with van der Waals surface area (Å²) in [5, 5.41) is 19.3. The number of benzene rings is 1. The largest absolute Gasteiger partial charge is 0.438 e. The molecule has 6 nitrogen and oxygen atoms in total. The first kappa shape index (κ1) is 8.64. The van der Waals surface area contributed by atoms with Gasteiger partial charge in [0, 0.05) is 6.07 Å². The molecule has 0 aliphatic heterocycles. The molecular weight excluding hydrogens is 188 g/mol. The first-order valence-corrected chi connectivity index (χ1v) is 3.86. The van der Waals surface area contributed by atoms with Crippen molar-refractivity contribution in [2.75, 3.05) is 0 Å². The van der Waals surface area contributed by atoms with Crippen LogP contribution in [0.25, 0.3) is 11.1 Å². The van der Waals surface area contributed by atoms with E-state index >= 15 is 0 Å². The second-order valence-electron chi connectivity index (χ2n) is 2.65. The van der Waals surface area contributed by atoms with Crippen LogP contribution in [-0.2, 0) is 6.61 Å². The number of aromatic nitrogens is 1. The molecule has 1 heterocycles. The Morgan fingerprint density at radius 3 is 3.00 bits per heavy atom. The van der Waals surface area contributed by atoms with Crippen molar-refractivity contribution in [1.29, 1.82) is 0 Å². The van der Waals surface area contributed by atoms with Gasteiger partial charge >= 0.3 is 0 Å². The summed E-state index contributed by atoms with van der Waals surface area (Å²) >= 11 is 0. The van der Waals surface area contributed by atoms with E-state index in [1.54, 1.807) is 6.07 Å². The molecule has 0 aliphatic rings. The molecule has 0 bridgehead atoms. The van der Waals surface area contributed by atoms with Gasteiger partial charge in [-0.1, -0.05) is 6.07 Å². The lowest BCUT2D eigenvalue weighted by Gasteiger charge is -1.89. The fourth-order valence-electron chi connectivity index (χ4n) is 1.19. The van der Waals surface area contributed by atoms with Crippen LogP contribution < -0.4 is 0 Å². The fourth-order valence-corrected chi connectivity index (χ4v) is 1.19. The average molecular weight is 194 g/mol. The maximum Gasteiger partial charge on any atom is 0.298 e. The van der Waals surface area contributed by atoms with Crippen molar-refractivity contribution < 1.29 is 14.4 Å². The number of nitro groups is 1. The molecule has 0 saturated carbocycles. The smallest absolute Gasteiger partial charge is 0.298 e. The molecule has 0 atom stereocenters. The third kappa shape index (κ3) is 1.21. The molecule has 0 spiro atoms. The number of aliphatic hydroxyl groups excluding tert-OH is 1. The molecule has 1 aromatic carbocycles. The quantitative estimate of drug-likeness (QED) is 0.573. The van der Waals surface area contributed by atoms with Gasteiger partial charge in [-0.2, -0.15) is 0 Å². The zero-order chi connectivity index (χ0) is 10.1. The van der Waals surface area contributed by atoms with Gasteiger partial charge < -0.3 is 9.52 Å². The molecule has 0 amide bonds. The zero-order valence-electron chi connectivity index (χ0n) is 7.01. The second-order valence-corrected chi connectivity index (χ2v) is 2.65. The number of nitrogens with zero attached hydrogens (tertiary/aromatic N) is 2. The highest BCUT2D eigenvalue weighted by Crippen LogP contribution is 2.25. The molecule has 0 unspecified atom stereocenters. The monoisotopic (exact) mass is 194 g/mol. The van der Waals surface area contributed by atoms with Gasteiger partial charge in [-0.05, 0) is 6.07 Å². The number of fused-ring (bicyclic) bond motifs is 1. The molecule has 0 radical (unpaired) electrons. The standard InChI is InChI=1S/C8H6N2O4/c11-4-7-9-8-5(10(12)13)2-1-3-6(8)14-7/h1-3,11H,4H2. The Labute approximate surface area is 77.9 Å². The molecular formula is C8H6N2O4. The maximum absolute atomic E-state index is 10.6. The Bertz CT molecular complexity index is 491. The number of hydrogen-bond donors (Lipinski definition) is 1. The predicted octanol–water partition coefficient (Wildman–Crippen LogP) is 1.23. The fraction of sp³-hybridized carbons (Fsp3) is 0.125. The third-order valence-corrected chi connectivity index (χ3v) is 1.77. The van der Waals surface area contributed by atoms with Gasteiger partial charge in [0.2, 0.25) is 5.89 Å². The number of aliphatic hydroxyl groups is 1. The summed E-state index contributed by atoms with van der Waals surface area (Å²) in [5.74, 6) is 0.0781. The first-order valence-electron chi connectivity index (χ1n) is 3.86. The summed E-state index contributed by atoms with van der Waals surface area (Å²) in [6, 6.07) is 4.41. The van der Waals surface area contributed by atoms with Gasteiger partial charge in [-0.3, -0.25) is 10.1 Å². The highest BCUT2D eigenvalue weighted by molar-refractivity contribution is 5.82. The van der Waals surface area contributed by atoms with E-state index in [1.807, 2.05) is 0 Å². The minimum Gasteiger partial charge on any atom is -0.438 e. The Kier molecular flexibility index (Phi) is 1.90. The number of hydrogen-bond acceptors (Lipinski definition) is 5. The molecule has 2 rings (SSSR count). The molecule has 72 valence electrons. The molecule has 14 heavy (non-hydrogen) atoms. The van der Waals surface area contributed by atoms with Crippen LogP contribution >= 0.6 is 0 Å². The topological polar surface area (TPSA) is 89.4 Å². The third-order valence-electron chi connectivity index (χ3n) is 1.77. The van der Waals surface area contributed by atoms with E-state index < -0.39 is 4.92 Å². The number of rotatable bonds is 2. The van der Waals surface area contributed by atoms with Crippen LogP contribution in [0.15, 0.2) is 22.6 Å². The summed E-state index contributed by atoms with van der Waals surface area (Å²) in [4.78, 5) is 13.8. The first-order chi connectivity index (χ1) is 6.72. The van der Waals surface area contributed by atoms with Gasteiger partial charge in [0.25, 0.3) is 5.69 Å². The van der Waals surface area contributed by atoms with Gasteiger partial charge in [0.1, 0.15) is 6.61 Å². The van der Waals surface area contributed by atoms with E-state index in [4.69, 9.17) is 9.52 Å². The Balaban J connectivity index is 2.73. The average Bonchev–Trinajstić information content (AvgIpc) is 2.59. The van der Waals surface area contributed by atoms with Crippen molar-refractivity contribution in [1.82, 2.24) is 4.98 Å². The summed E-state index contributed by atoms with van der Waals surface area (Å²) in [6.07, 6.45) is 0. The van der Waals surface area contributed by atoms with Crippen LogP contribution in [0.5, 0.6) is 0 Å². The lowest BCUT2D eigenvalue weighted by Crippen LogP contribution is -1.88. The van der Waals surface area contributed by atoms with Crippen LogP contribution in [0.3, 0.4) is 0 Å². The normalized spacial score (nSPS) is 10.6. The summed E-state index contributed by atoms with van der Waals surface area (Å²) in [7, 11) is 0. The van der Waals surface area contributed by atoms with Crippen LogP contribution in [0.1, 0.15) is 5.89 Å². The van der Waals surface area contributed by atoms with E-state index in [-0.39, 0.29) is 23.7 Å². The Morgan fingerprint density at radius 2 is 2.36 bits per heavy atom. The van der Waals surface area contributed by atoms with E-state index in [2.05, 4.69) is 4.98 Å². The van der Waals surface area contributed by atoms with Crippen molar-refractivity contribution in [3.63, 3.8) is 0 Å². The van der Waals surface area contributed by atoms with Crippen molar-refractivity contribution in [3.8, 4) is 0 Å². The summed E-state index contributed by atoms with van der Waals surface area (Å²) in [6.45, 7) is -0.369. The minimum atomic E-state index is -0.536. The Morgan fingerprint density at radius 1 is 1.57 bits per heavy atom. The SMILES string of the molecule is O=[N+]([O-])c1cccc2oc(CO)nc12. The van der Waals surface area contributed by atoms with E-state index in [0.717, 1.165) is 0 Å².